The van der Waals surface area contributed by atoms with Crippen LogP contribution in [0.25, 0.3) is 22.0 Å². The Kier molecular flexibility index (Phi) is 5.63. The van der Waals surface area contributed by atoms with Crippen molar-refractivity contribution in [3.8, 4) is 17.0 Å². The minimum Gasteiger partial charge on any atom is -0.406 e. The summed E-state index contributed by atoms with van der Waals surface area (Å²) in [6.45, 7) is -0.360. The normalized spacial score (nSPS) is 11.3. The number of benzene rings is 3. The van der Waals surface area contributed by atoms with Crippen molar-refractivity contribution >= 4 is 22.4 Å². The predicted molar refractivity (Wildman–Crippen MR) is 113 cm³/mol. The molecule has 1 N–H and O–H groups in total. The van der Waals surface area contributed by atoms with Crippen LogP contribution in [0.3, 0.4) is 0 Å². The van der Waals surface area contributed by atoms with E-state index in [-0.39, 0.29) is 12.2 Å². The topological polar surface area (TPSA) is 73.2 Å². The van der Waals surface area contributed by atoms with E-state index >= 15 is 0 Å². The molecule has 0 unspecified atom stereocenters. The van der Waals surface area contributed by atoms with E-state index in [1.54, 1.807) is 6.07 Å². The number of hydrogen-bond donors (Lipinski definition) is 1. The third-order valence-electron chi connectivity index (χ3n) is 4.58. The summed E-state index contributed by atoms with van der Waals surface area (Å²) in [5, 5.41) is 8.88. The van der Waals surface area contributed by atoms with Crippen LogP contribution in [0.4, 0.5) is 18.9 Å². The Morgan fingerprint density at radius 2 is 1.66 bits per heavy atom. The van der Waals surface area contributed by atoms with Crippen molar-refractivity contribution in [3.05, 3.63) is 89.2 Å². The predicted octanol–water partition coefficient (Wildman–Crippen LogP) is 4.60. The van der Waals surface area contributed by atoms with Crippen molar-refractivity contribution in [2.75, 3.05) is 5.32 Å². The first-order chi connectivity index (χ1) is 15.3. The number of nitrogens with zero attached hydrogens (tertiary/aromatic N) is 2. The third-order valence-corrected chi connectivity index (χ3v) is 4.58. The summed E-state index contributed by atoms with van der Waals surface area (Å²) in [5.41, 5.74) is 1.11. The second-order valence-corrected chi connectivity index (χ2v) is 6.90. The smallest absolute Gasteiger partial charge is 0.406 e. The molecule has 1 heterocycles. The van der Waals surface area contributed by atoms with E-state index in [1.807, 2.05) is 42.5 Å². The Balaban J connectivity index is 1.49. The van der Waals surface area contributed by atoms with Gasteiger partial charge in [0.15, 0.2) is 0 Å². The summed E-state index contributed by atoms with van der Waals surface area (Å²) < 4.78 is 41.5. The van der Waals surface area contributed by atoms with Crippen molar-refractivity contribution in [3.63, 3.8) is 0 Å². The molecule has 0 saturated carbocycles. The molecule has 6 nitrogen and oxygen atoms in total. The van der Waals surface area contributed by atoms with Crippen molar-refractivity contribution < 1.29 is 22.7 Å². The number of rotatable bonds is 5. The summed E-state index contributed by atoms with van der Waals surface area (Å²) in [6, 6.07) is 21.2. The molecule has 0 aliphatic carbocycles. The number of aromatic nitrogens is 2. The monoisotopic (exact) mass is 439 g/mol. The van der Waals surface area contributed by atoms with Gasteiger partial charge in [-0.1, -0.05) is 36.4 Å². The molecule has 4 rings (SSSR count). The van der Waals surface area contributed by atoms with Gasteiger partial charge in [0.1, 0.15) is 12.3 Å². The van der Waals surface area contributed by atoms with Gasteiger partial charge >= 0.3 is 6.36 Å². The third kappa shape index (κ3) is 5.12. The van der Waals surface area contributed by atoms with Crippen LogP contribution in [0, 0.1) is 0 Å². The second-order valence-electron chi connectivity index (χ2n) is 6.90. The molecule has 4 aromatic rings. The van der Waals surface area contributed by atoms with Gasteiger partial charge in [-0.15, -0.1) is 13.2 Å². The summed E-state index contributed by atoms with van der Waals surface area (Å²) in [7, 11) is 0. The molecule has 0 aliphatic rings. The van der Waals surface area contributed by atoms with E-state index in [0.29, 0.717) is 5.69 Å². The second kappa shape index (κ2) is 8.54. The van der Waals surface area contributed by atoms with Crippen LogP contribution in [0.2, 0.25) is 0 Å². The molecular weight excluding hydrogens is 423 g/mol. The Labute approximate surface area is 179 Å². The molecule has 0 saturated heterocycles. The minimum absolute atomic E-state index is 0.253. The zero-order chi connectivity index (χ0) is 22.7. The van der Waals surface area contributed by atoms with Gasteiger partial charge in [-0.2, -0.15) is 5.10 Å². The number of amides is 1. The van der Waals surface area contributed by atoms with Gasteiger partial charge in [0.05, 0.1) is 5.69 Å². The molecule has 0 aliphatic heterocycles. The lowest BCUT2D eigenvalue weighted by Crippen LogP contribution is -2.29. The molecule has 0 bridgehead atoms. The van der Waals surface area contributed by atoms with Crippen molar-refractivity contribution in [2.24, 2.45) is 0 Å². The van der Waals surface area contributed by atoms with Crippen molar-refractivity contribution in [1.82, 2.24) is 9.78 Å². The zero-order valence-electron chi connectivity index (χ0n) is 16.5. The summed E-state index contributed by atoms with van der Waals surface area (Å²) in [5.74, 6) is -0.962. The van der Waals surface area contributed by atoms with Crippen LogP contribution in [0.15, 0.2) is 83.7 Å². The van der Waals surface area contributed by atoms with E-state index in [4.69, 9.17) is 0 Å². The summed E-state index contributed by atoms with van der Waals surface area (Å²) >= 11 is 0. The molecule has 0 spiro atoms. The van der Waals surface area contributed by atoms with Gasteiger partial charge in [-0.3, -0.25) is 9.59 Å². The molecule has 3 aromatic carbocycles. The van der Waals surface area contributed by atoms with Gasteiger partial charge in [-0.05, 0) is 47.2 Å². The molecule has 0 atom stereocenters. The van der Waals surface area contributed by atoms with Crippen LogP contribution in [0.5, 0.6) is 5.75 Å². The molecule has 0 fully saturated rings. The van der Waals surface area contributed by atoms with Gasteiger partial charge < -0.3 is 10.1 Å². The first kappa shape index (κ1) is 21.1. The highest BCUT2D eigenvalue weighted by Crippen LogP contribution is 2.24. The highest BCUT2D eigenvalue weighted by molar-refractivity contribution is 5.90. The van der Waals surface area contributed by atoms with Crippen molar-refractivity contribution in [1.29, 1.82) is 0 Å². The number of hydrogen-bond acceptors (Lipinski definition) is 4. The van der Waals surface area contributed by atoms with E-state index in [2.05, 4.69) is 15.2 Å². The first-order valence-electron chi connectivity index (χ1n) is 9.50. The Morgan fingerprint density at radius 1 is 0.938 bits per heavy atom. The van der Waals surface area contributed by atoms with Crippen LogP contribution < -0.4 is 15.6 Å². The van der Waals surface area contributed by atoms with Gasteiger partial charge in [-0.25, -0.2) is 4.68 Å². The lowest BCUT2D eigenvalue weighted by Gasteiger charge is -2.11. The summed E-state index contributed by atoms with van der Waals surface area (Å²) in [6.07, 6.45) is -4.80. The van der Waals surface area contributed by atoms with E-state index in [1.165, 1.54) is 18.2 Å². The fraction of sp³-hybridized carbons (Fsp3) is 0.0870. The number of ether oxygens (including phenoxy) is 1. The van der Waals surface area contributed by atoms with Crippen LogP contribution in [-0.2, 0) is 11.3 Å². The number of nitrogens with one attached hydrogen (secondary N) is 1. The zero-order valence-corrected chi connectivity index (χ0v) is 16.5. The minimum atomic E-state index is -4.80. The first-order valence-corrected chi connectivity index (χ1v) is 9.50. The van der Waals surface area contributed by atoms with Crippen LogP contribution in [-0.4, -0.2) is 22.1 Å². The SMILES string of the molecule is O=C(Cn1nc(-c2ccc3ccccc3c2)ccc1=O)Nc1ccc(OC(F)(F)F)cc1. The van der Waals surface area contributed by atoms with E-state index < -0.39 is 23.6 Å². The Bertz CT molecular complexity index is 1330. The van der Waals surface area contributed by atoms with Crippen molar-refractivity contribution in [2.45, 2.75) is 12.9 Å². The molecular formula is C23H16F3N3O3. The number of carbonyl (C=O) groups is 1. The molecule has 1 aromatic heterocycles. The maximum absolute atomic E-state index is 12.3. The molecule has 162 valence electrons. The number of alkyl halides is 3. The molecule has 0 radical (unpaired) electrons. The van der Waals surface area contributed by atoms with E-state index in [0.717, 1.165) is 33.2 Å². The summed E-state index contributed by atoms with van der Waals surface area (Å²) in [4.78, 5) is 24.5. The van der Waals surface area contributed by atoms with Crippen LogP contribution in [0.1, 0.15) is 0 Å². The fourth-order valence-corrected chi connectivity index (χ4v) is 3.14. The van der Waals surface area contributed by atoms with E-state index in [9.17, 15) is 22.8 Å². The van der Waals surface area contributed by atoms with Gasteiger partial charge in [0.25, 0.3) is 5.56 Å². The number of halogens is 3. The standard InChI is InChI=1S/C23H16F3N3O3/c24-23(25,26)32-19-9-7-18(8-10-19)27-21(30)14-29-22(31)12-11-20(28-29)17-6-5-15-3-1-2-4-16(15)13-17/h1-13H,14H2,(H,27,30). The fourth-order valence-electron chi connectivity index (χ4n) is 3.14. The molecule has 32 heavy (non-hydrogen) atoms. The highest BCUT2D eigenvalue weighted by atomic mass is 19.4. The molecule has 9 heteroatoms. The quantitative estimate of drug-likeness (QED) is 0.493. The Morgan fingerprint density at radius 3 is 2.38 bits per heavy atom. The maximum atomic E-state index is 12.3. The average Bonchev–Trinajstić information content (AvgIpc) is 2.75. The number of anilines is 1. The average molecular weight is 439 g/mol. The molecule has 1 amide bonds. The van der Waals surface area contributed by atoms with Gasteiger partial charge in [0.2, 0.25) is 5.91 Å². The highest BCUT2D eigenvalue weighted by Gasteiger charge is 2.30. The lowest BCUT2D eigenvalue weighted by atomic mass is 10.1. The van der Waals surface area contributed by atoms with Gasteiger partial charge in [0, 0.05) is 17.3 Å². The largest absolute Gasteiger partial charge is 0.573 e. The lowest BCUT2D eigenvalue weighted by molar-refractivity contribution is -0.274. The van der Waals surface area contributed by atoms with Crippen LogP contribution >= 0.6 is 0 Å². The Hall–Kier alpha value is -4.14. The number of carbonyl (C=O) groups excluding carboxylic acids is 1. The number of fused-ring (bicyclic) bond motifs is 1. The maximum Gasteiger partial charge on any atom is 0.573 e.